The number of rotatable bonds is 3. The molecule has 7 nitrogen and oxygen atoms in total. The summed E-state index contributed by atoms with van der Waals surface area (Å²) in [6, 6.07) is 0. The molecule has 4 rings (SSSR count). The summed E-state index contributed by atoms with van der Waals surface area (Å²) in [4.78, 5) is 22.5. The van der Waals surface area contributed by atoms with E-state index in [1.807, 2.05) is 6.92 Å². The molecule has 140 valence electrons. The topological polar surface area (TPSA) is 80.9 Å². The van der Waals surface area contributed by atoms with Gasteiger partial charge in [0.25, 0.3) is 0 Å². The highest BCUT2D eigenvalue weighted by atomic mass is 32.1. The first-order valence-corrected chi connectivity index (χ1v) is 9.83. The molecule has 0 atom stereocenters. The van der Waals surface area contributed by atoms with Crippen LogP contribution in [0, 0.1) is 0 Å². The number of hydrogen-bond acceptors (Lipinski definition) is 8. The number of morpholine rings is 1. The van der Waals surface area contributed by atoms with Crippen LogP contribution in [0.1, 0.15) is 28.5 Å². The number of carbonyl (C=O) groups excluding carboxylic acids is 1. The van der Waals surface area contributed by atoms with E-state index in [1.165, 1.54) is 0 Å². The summed E-state index contributed by atoms with van der Waals surface area (Å²) in [5, 5.41) is 2.04. The molecule has 2 aromatic heterocycles. The molecule has 2 N–H and O–H groups in total. The van der Waals surface area contributed by atoms with Crippen LogP contribution < -0.4 is 10.6 Å². The normalized spacial score (nSPS) is 18.2. The lowest BCUT2D eigenvalue weighted by Gasteiger charge is -2.28. The van der Waals surface area contributed by atoms with E-state index < -0.39 is 0 Å². The van der Waals surface area contributed by atoms with E-state index in [2.05, 4.69) is 16.8 Å². The minimum absolute atomic E-state index is 0.338. The quantitative estimate of drug-likeness (QED) is 0.819. The summed E-state index contributed by atoms with van der Waals surface area (Å²) >= 11 is 1.56. The maximum absolute atomic E-state index is 12.5. The number of hydrogen-bond donors (Lipinski definition) is 1. The monoisotopic (exact) mass is 376 g/mol. The van der Waals surface area contributed by atoms with Crippen LogP contribution in [0.25, 0.3) is 10.2 Å². The molecule has 4 heterocycles. The van der Waals surface area contributed by atoms with Gasteiger partial charge in [0, 0.05) is 31.6 Å². The molecule has 0 radical (unpaired) electrons. The molecule has 0 aromatic carbocycles. The van der Waals surface area contributed by atoms with Gasteiger partial charge in [0.15, 0.2) is 5.69 Å². The van der Waals surface area contributed by atoms with Gasteiger partial charge in [-0.2, -0.15) is 0 Å². The first-order valence-electron chi connectivity index (χ1n) is 9.02. The molecule has 0 amide bonds. The predicted octanol–water partition coefficient (Wildman–Crippen LogP) is 1.88. The first-order chi connectivity index (χ1) is 12.6. The molecule has 1 saturated heterocycles. The van der Waals surface area contributed by atoms with E-state index in [0.717, 1.165) is 64.6 Å². The van der Waals surface area contributed by atoms with E-state index in [1.54, 1.807) is 11.3 Å². The van der Waals surface area contributed by atoms with Crippen molar-refractivity contribution >= 4 is 38.2 Å². The molecule has 8 heteroatoms. The average molecular weight is 376 g/mol. The van der Waals surface area contributed by atoms with Crippen LogP contribution in [-0.4, -0.2) is 62.4 Å². The minimum Gasteiger partial charge on any atom is -0.461 e. The first kappa shape index (κ1) is 17.5. The summed E-state index contributed by atoms with van der Waals surface area (Å²) in [5.74, 6) is -0.338. The van der Waals surface area contributed by atoms with Gasteiger partial charge in [-0.05, 0) is 31.5 Å². The molecule has 2 aromatic rings. The maximum Gasteiger partial charge on any atom is 0.357 e. The molecule has 0 unspecified atom stereocenters. The molecule has 1 fully saturated rings. The van der Waals surface area contributed by atoms with E-state index in [0.29, 0.717) is 25.5 Å². The van der Waals surface area contributed by atoms with Crippen molar-refractivity contribution in [2.24, 2.45) is 0 Å². The molecule has 0 saturated carbocycles. The summed E-state index contributed by atoms with van der Waals surface area (Å²) in [6.45, 7) is 6.88. The van der Waals surface area contributed by atoms with Crippen LogP contribution in [0.3, 0.4) is 0 Å². The molecule has 0 spiro atoms. The Labute approximate surface area is 156 Å². The van der Waals surface area contributed by atoms with Crippen molar-refractivity contribution in [2.45, 2.75) is 19.9 Å². The van der Waals surface area contributed by atoms with Crippen molar-refractivity contribution in [3.05, 3.63) is 16.8 Å². The molecule has 26 heavy (non-hydrogen) atoms. The Bertz CT molecular complexity index is 845. The third-order valence-electron chi connectivity index (χ3n) is 5.01. The summed E-state index contributed by atoms with van der Waals surface area (Å²) in [7, 11) is 2.09. The zero-order valence-corrected chi connectivity index (χ0v) is 16.0. The zero-order valence-electron chi connectivity index (χ0n) is 15.2. The van der Waals surface area contributed by atoms with Crippen LogP contribution in [0.2, 0.25) is 0 Å². The van der Waals surface area contributed by atoms with Gasteiger partial charge < -0.3 is 25.0 Å². The number of thiophene rings is 1. The van der Waals surface area contributed by atoms with Crippen LogP contribution in [-0.2, 0) is 22.4 Å². The SMILES string of the molecule is CCOC(=O)c1nc2sc(N3CCOCC3)c(N)c2c2c1CCN(C)C2. The van der Waals surface area contributed by atoms with Crippen LogP contribution in [0.5, 0.6) is 0 Å². The van der Waals surface area contributed by atoms with Crippen molar-refractivity contribution in [3.63, 3.8) is 0 Å². The van der Waals surface area contributed by atoms with Gasteiger partial charge in [0.1, 0.15) is 9.83 Å². The fraction of sp³-hybridized carbons (Fsp3) is 0.556. The fourth-order valence-corrected chi connectivity index (χ4v) is 4.90. The lowest BCUT2D eigenvalue weighted by molar-refractivity contribution is 0.0517. The molecular formula is C18H24N4O3S. The Morgan fingerprint density at radius 3 is 2.81 bits per heavy atom. The number of ether oxygens (including phenoxy) is 2. The Morgan fingerprint density at radius 2 is 2.08 bits per heavy atom. The van der Waals surface area contributed by atoms with Gasteiger partial charge in [-0.3, -0.25) is 0 Å². The molecule has 2 aliphatic rings. The highest BCUT2D eigenvalue weighted by Gasteiger charge is 2.29. The van der Waals surface area contributed by atoms with Crippen LogP contribution >= 0.6 is 11.3 Å². The third-order valence-corrected chi connectivity index (χ3v) is 6.17. The van der Waals surface area contributed by atoms with E-state index in [-0.39, 0.29) is 5.97 Å². The van der Waals surface area contributed by atoms with Gasteiger partial charge in [0.05, 0.1) is 25.5 Å². The molecule has 0 aliphatic carbocycles. The van der Waals surface area contributed by atoms with Crippen molar-refractivity contribution < 1.29 is 14.3 Å². The van der Waals surface area contributed by atoms with E-state index in [4.69, 9.17) is 20.2 Å². The second-order valence-corrected chi connectivity index (χ2v) is 7.70. The second-order valence-electron chi connectivity index (χ2n) is 6.73. The Hall–Kier alpha value is -1.90. The minimum atomic E-state index is -0.338. The summed E-state index contributed by atoms with van der Waals surface area (Å²) in [6.07, 6.45) is 0.783. The summed E-state index contributed by atoms with van der Waals surface area (Å²) < 4.78 is 10.7. The number of nitrogens with two attached hydrogens (primary N) is 1. The second kappa shape index (κ2) is 7.02. The largest absolute Gasteiger partial charge is 0.461 e. The Balaban J connectivity index is 1.89. The van der Waals surface area contributed by atoms with Gasteiger partial charge in [-0.25, -0.2) is 9.78 Å². The number of pyridine rings is 1. The van der Waals surface area contributed by atoms with Gasteiger partial charge >= 0.3 is 5.97 Å². The number of nitrogen functional groups attached to an aromatic ring is 1. The van der Waals surface area contributed by atoms with Crippen molar-refractivity contribution in [1.29, 1.82) is 0 Å². The van der Waals surface area contributed by atoms with E-state index >= 15 is 0 Å². The number of esters is 1. The number of likely N-dealkylation sites (N-methyl/N-ethyl adjacent to an activating group) is 1. The average Bonchev–Trinajstić information content (AvgIpc) is 2.98. The fourth-order valence-electron chi connectivity index (χ4n) is 3.72. The molecular weight excluding hydrogens is 352 g/mol. The van der Waals surface area contributed by atoms with Gasteiger partial charge in [0.2, 0.25) is 0 Å². The Kier molecular flexibility index (Phi) is 4.73. The van der Waals surface area contributed by atoms with Gasteiger partial charge in [-0.1, -0.05) is 11.3 Å². The molecule has 0 bridgehead atoms. The van der Waals surface area contributed by atoms with Crippen molar-refractivity contribution in [3.8, 4) is 0 Å². The van der Waals surface area contributed by atoms with Crippen molar-refractivity contribution in [1.82, 2.24) is 9.88 Å². The maximum atomic E-state index is 12.5. The highest BCUT2D eigenvalue weighted by molar-refractivity contribution is 7.23. The standard InChI is InChI=1S/C18H24N4O3S/c1-3-25-18(23)15-11-4-5-21(2)10-12(11)13-14(19)17(26-16(13)20-15)22-6-8-24-9-7-22/h3-10,19H2,1-2H3. The van der Waals surface area contributed by atoms with Gasteiger partial charge in [-0.15, -0.1) is 0 Å². The lowest BCUT2D eigenvalue weighted by Crippen LogP contribution is -2.36. The van der Waals surface area contributed by atoms with Crippen molar-refractivity contribution in [2.75, 3.05) is 57.1 Å². The lowest BCUT2D eigenvalue weighted by atomic mass is 9.95. The predicted molar refractivity (Wildman–Crippen MR) is 103 cm³/mol. The third kappa shape index (κ3) is 2.91. The molecule has 2 aliphatic heterocycles. The van der Waals surface area contributed by atoms with Crippen LogP contribution in [0.4, 0.5) is 10.7 Å². The van der Waals surface area contributed by atoms with E-state index in [9.17, 15) is 4.79 Å². The summed E-state index contributed by atoms with van der Waals surface area (Å²) in [5.41, 5.74) is 9.93. The number of fused-ring (bicyclic) bond motifs is 3. The zero-order chi connectivity index (χ0) is 18.3. The van der Waals surface area contributed by atoms with Crippen LogP contribution in [0.15, 0.2) is 0 Å². The highest BCUT2D eigenvalue weighted by Crippen LogP contribution is 2.44. The number of nitrogens with zero attached hydrogens (tertiary/aromatic N) is 3. The number of carbonyl (C=O) groups is 1. The smallest absolute Gasteiger partial charge is 0.357 e. The number of anilines is 2. The Morgan fingerprint density at radius 1 is 1.31 bits per heavy atom. The number of aromatic nitrogens is 1.